The van der Waals surface area contributed by atoms with Gasteiger partial charge in [0.2, 0.25) is 17.7 Å². The van der Waals surface area contributed by atoms with Crippen molar-refractivity contribution < 1.29 is 14.3 Å². The van der Waals surface area contributed by atoms with Gasteiger partial charge in [0.15, 0.2) is 5.82 Å². The van der Waals surface area contributed by atoms with Gasteiger partial charge in [0, 0.05) is 62.1 Å². The maximum absolute atomic E-state index is 14.0. The molecular weight excluding hydrogens is 606 g/mol. The second-order valence-corrected chi connectivity index (χ2v) is 14.0. The molecule has 252 valence electrons. The van der Waals surface area contributed by atoms with Gasteiger partial charge in [0.25, 0.3) is 0 Å². The lowest BCUT2D eigenvalue weighted by Gasteiger charge is -2.33. The van der Waals surface area contributed by atoms with Crippen LogP contribution in [-0.4, -0.2) is 96.9 Å². The zero-order valence-corrected chi connectivity index (χ0v) is 28.2. The van der Waals surface area contributed by atoms with E-state index in [0.29, 0.717) is 31.4 Å². The largest absolute Gasteiger partial charge is 0.475 e. The van der Waals surface area contributed by atoms with Crippen LogP contribution in [0.3, 0.4) is 0 Å². The summed E-state index contributed by atoms with van der Waals surface area (Å²) in [4.78, 5) is 42.2. The van der Waals surface area contributed by atoms with Gasteiger partial charge in [0.1, 0.15) is 12.0 Å². The Morgan fingerprint density at radius 2 is 1.92 bits per heavy atom. The van der Waals surface area contributed by atoms with Crippen LogP contribution >= 0.6 is 0 Å². The summed E-state index contributed by atoms with van der Waals surface area (Å²) in [6.45, 7) is 12.1. The number of carbonyl (C=O) groups is 2. The van der Waals surface area contributed by atoms with Crippen LogP contribution in [0.4, 0.5) is 5.69 Å². The molecule has 4 aromatic rings. The predicted octanol–water partition coefficient (Wildman–Crippen LogP) is 4.70. The zero-order chi connectivity index (χ0) is 33.4. The van der Waals surface area contributed by atoms with Crippen molar-refractivity contribution in [3.63, 3.8) is 0 Å². The normalized spacial score (nSPS) is 20.5. The molecule has 7 rings (SSSR count). The van der Waals surface area contributed by atoms with Crippen LogP contribution in [0, 0.1) is 11.3 Å². The SMILES string of the molecule is C=C(CCC1CCN(C(=O)CN2CC[C@]3(CCN(c4ccc5[nH]nc(-c6ccc(OC(C)C)nc6)c5c4)C3=O)C2)CC1)c1ncn(C)n1. The van der Waals surface area contributed by atoms with Crippen LogP contribution in [0.1, 0.15) is 58.2 Å². The van der Waals surface area contributed by atoms with Gasteiger partial charge < -0.3 is 14.5 Å². The number of amides is 2. The van der Waals surface area contributed by atoms with Gasteiger partial charge in [-0.2, -0.15) is 10.2 Å². The van der Waals surface area contributed by atoms with E-state index in [1.54, 1.807) is 17.2 Å². The molecule has 0 bridgehead atoms. The summed E-state index contributed by atoms with van der Waals surface area (Å²) in [5.41, 5.74) is 3.97. The minimum absolute atomic E-state index is 0.0490. The molecule has 3 saturated heterocycles. The number of aromatic amines is 1. The number of benzene rings is 1. The van der Waals surface area contributed by atoms with Crippen molar-refractivity contribution in [1.82, 2.24) is 39.7 Å². The van der Waals surface area contributed by atoms with Gasteiger partial charge in [-0.1, -0.05) is 6.58 Å². The average molecular weight is 652 g/mol. The molecule has 0 aliphatic carbocycles. The van der Waals surface area contributed by atoms with Gasteiger partial charge in [-0.25, -0.2) is 9.97 Å². The average Bonchev–Trinajstić information content (AvgIpc) is 3.88. The minimum Gasteiger partial charge on any atom is -0.475 e. The summed E-state index contributed by atoms with van der Waals surface area (Å²) in [6.07, 6.45) is 9.01. The lowest BCUT2D eigenvalue weighted by Crippen LogP contribution is -2.44. The highest BCUT2D eigenvalue weighted by Crippen LogP contribution is 2.43. The summed E-state index contributed by atoms with van der Waals surface area (Å²) < 4.78 is 7.39. The second kappa shape index (κ2) is 13.1. The van der Waals surface area contributed by atoms with E-state index in [1.807, 2.05) is 55.0 Å². The smallest absolute Gasteiger partial charge is 0.236 e. The quantitative estimate of drug-likeness (QED) is 0.262. The van der Waals surface area contributed by atoms with E-state index in [2.05, 4.69) is 42.8 Å². The van der Waals surface area contributed by atoms with Gasteiger partial charge >= 0.3 is 0 Å². The Balaban J connectivity index is 0.929. The van der Waals surface area contributed by atoms with Crippen molar-refractivity contribution in [2.24, 2.45) is 18.4 Å². The number of anilines is 1. The molecule has 1 atom stereocenters. The van der Waals surface area contributed by atoms with Gasteiger partial charge in [0.05, 0.1) is 23.6 Å². The number of nitrogens with zero attached hydrogens (tertiary/aromatic N) is 8. The summed E-state index contributed by atoms with van der Waals surface area (Å²) in [5.74, 6) is 2.20. The molecule has 1 N–H and O–H groups in total. The van der Waals surface area contributed by atoms with Crippen LogP contribution in [0.2, 0.25) is 0 Å². The Morgan fingerprint density at radius 3 is 2.65 bits per heavy atom. The lowest BCUT2D eigenvalue weighted by atomic mass is 9.85. The standard InChI is InChI=1S/C36H45N9O3/c1-24(2)48-31-10-7-27(20-37-31)33-29-19-28(8-9-30(29)39-40-33)45-18-14-36(35(45)47)13-17-43(22-36)21-32(46)44-15-11-26(12-16-44)6-5-25(3)34-38-23-42(4)41-34/h7-10,19-20,23-24,26H,3,5-6,11-18,21-22H2,1-2,4H3,(H,39,40)/t36-/m0/s1. The summed E-state index contributed by atoms with van der Waals surface area (Å²) >= 11 is 0. The maximum Gasteiger partial charge on any atom is 0.236 e. The molecule has 1 aromatic carbocycles. The fraction of sp³-hybridized carbons (Fsp3) is 0.500. The Morgan fingerprint density at radius 1 is 1.10 bits per heavy atom. The number of fused-ring (bicyclic) bond motifs is 1. The van der Waals surface area contributed by atoms with Gasteiger partial charge in [-0.3, -0.25) is 24.3 Å². The molecule has 0 unspecified atom stereocenters. The Labute approximate surface area is 281 Å². The predicted molar refractivity (Wildman–Crippen MR) is 184 cm³/mol. The van der Waals surface area contributed by atoms with E-state index < -0.39 is 5.41 Å². The Kier molecular flexibility index (Phi) is 8.76. The van der Waals surface area contributed by atoms with E-state index in [1.165, 1.54) is 0 Å². The number of allylic oxidation sites excluding steroid dienone is 1. The number of likely N-dealkylation sites (tertiary alicyclic amines) is 2. The Hall–Kier alpha value is -4.58. The van der Waals surface area contributed by atoms with Crippen LogP contribution in [-0.2, 0) is 16.6 Å². The third-order valence-electron chi connectivity index (χ3n) is 10.3. The van der Waals surface area contributed by atoms with E-state index in [-0.39, 0.29) is 17.9 Å². The molecule has 12 nitrogen and oxygen atoms in total. The number of rotatable bonds is 10. The summed E-state index contributed by atoms with van der Waals surface area (Å²) in [7, 11) is 1.86. The number of pyridine rings is 1. The second-order valence-electron chi connectivity index (χ2n) is 14.0. The highest BCUT2D eigenvalue weighted by atomic mass is 16.5. The molecular formula is C36H45N9O3. The molecule has 6 heterocycles. The van der Waals surface area contributed by atoms with E-state index in [4.69, 9.17) is 4.74 Å². The number of aryl methyl sites for hydroxylation is 1. The first-order valence-corrected chi connectivity index (χ1v) is 17.1. The van der Waals surface area contributed by atoms with Crippen molar-refractivity contribution in [3.05, 3.63) is 55.3 Å². The van der Waals surface area contributed by atoms with Crippen LogP contribution in [0.15, 0.2) is 49.4 Å². The monoisotopic (exact) mass is 651 g/mol. The first-order valence-electron chi connectivity index (χ1n) is 17.1. The topological polar surface area (TPSA) is 125 Å². The summed E-state index contributed by atoms with van der Waals surface area (Å²) in [6, 6.07) is 9.84. The number of carbonyl (C=O) groups excluding carboxylic acids is 2. The number of piperidine rings is 1. The molecule has 1 spiro atoms. The number of hydrogen-bond acceptors (Lipinski definition) is 8. The fourth-order valence-electron chi connectivity index (χ4n) is 7.51. The Bertz CT molecular complexity index is 1800. The first kappa shape index (κ1) is 32.0. The van der Waals surface area contributed by atoms with Crippen molar-refractivity contribution >= 4 is 34.0 Å². The molecule has 3 fully saturated rings. The van der Waals surface area contributed by atoms with E-state index in [0.717, 1.165) is 97.4 Å². The maximum atomic E-state index is 14.0. The molecule has 2 amide bonds. The number of H-pyrrole nitrogens is 1. The molecule has 3 aliphatic heterocycles. The lowest BCUT2D eigenvalue weighted by molar-refractivity contribution is -0.134. The van der Waals surface area contributed by atoms with Gasteiger partial charge in [-0.15, -0.1) is 0 Å². The zero-order valence-electron chi connectivity index (χ0n) is 28.2. The highest BCUT2D eigenvalue weighted by Gasteiger charge is 2.51. The highest BCUT2D eigenvalue weighted by molar-refractivity contribution is 6.03. The van der Waals surface area contributed by atoms with Crippen molar-refractivity contribution in [2.45, 2.75) is 58.5 Å². The number of ether oxygens (including phenoxy) is 1. The molecule has 3 aliphatic rings. The number of nitrogens with one attached hydrogen (secondary N) is 1. The molecule has 48 heavy (non-hydrogen) atoms. The molecule has 3 aromatic heterocycles. The number of aromatic nitrogens is 6. The molecule has 0 saturated carbocycles. The first-order chi connectivity index (χ1) is 23.2. The molecule has 12 heteroatoms. The van der Waals surface area contributed by atoms with Gasteiger partial charge in [-0.05, 0) is 94.7 Å². The van der Waals surface area contributed by atoms with Crippen LogP contribution in [0.5, 0.6) is 5.88 Å². The van der Waals surface area contributed by atoms with Crippen molar-refractivity contribution in [2.75, 3.05) is 44.2 Å². The minimum atomic E-state index is -0.442. The third-order valence-corrected chi connectivity index (χ3v) is 10.3. The fourth-order valence-corrected chi connectivity index (χ4v) is 7.51. The van der Waals surface area contributed by atoms with Crippen LogP contribution < -0.4 is 9.64 Å². The van der Waals surface area contributed by atoms with E-state index >= 15 is 0 Å². The number of hydrogen-bond donors (Lipinski definition) is 1. The summed E-state index contributed by atoms with van der Waals surface area (Å²) in [5, 5.41) is 13.0. The van der Waals surface area contributed by atoms with E-state index in [9.17, 15) is 9.59 Å². The van der Waals surface area contributed by atoms with Crippen LogP contribution in [0.25, 0.3) is 27.7 Å². The van der Waals surface area contributed by atoms with Crippen molar-refractivity contribution in [1.29, 1.82) is 0 Å². The van der Waals surface area contributed by atoms with Crippen molar-refractivity contribution in [3.8, 4) is 17.1 Å². The third kappa shape index (κ3) is 6.45. The molecule has 0 radical (unpaired) electrons.